The fourth-order valence-electron chi connectivity index (χ4n) is 3.34. The Hall–Kier alpha value is -2.74. The number of pyridine rings is 1. The maximum absolute atomic E-state index is 5.21. The van der Waals surface area contributed by atoms with Crippen LogP contribution in [-0.2, 0) is 13.1 Å². The minimum absolute atomic E-state index is 0.663. The third-order valence-corrected chi connectivity index (χ3v) is 4.77. The van der Waals surface area contributed by atoms with Crippen LogP contribution in [0.2, 0.25) is 0 Å². The molecule has 4 heterocycles. The van der Waals surface area contributed by atoms with E-state index in [1.807, 2.05) is 29.1 Å². The molecule has 1 aliphatic rings. The van der Waals surface area contributed by atoms with E-state index in [1.165, 1.54) is 0 Å². The Kier molecular flexibility index (Phi) is 4.66. The normalized spacial score (nSPS) is 15.5. The first-order valence-corrected chi connectivity index (χ1v) is 8.91. The molecular weight excluding hydrogens is 330 g/mol. The molecule has 3 aromatic rings. The zero-order chi connectivity index (χ0) is 17.9. The molecule has 26 heavy (non-hydrogen) atoms. The van der Waals surface area contributed by atoms with Gasteiger partial charge in [-0.2, -0.15) is 0 Å². The number of piperazine rings is 1. The minimum atomic E-state index is 0.663. The SMILES string of the molecule is CCn1cnc2c(N3CCN(Cc4cccc(OC)n4)CC3)ncnc21. The number of hydrogen-bond acceptors (Lipinski definition) is 7. The molecule has 1 fully saturated rings. The smallest absolute Gasteiger partial charge is 0.213 e. The van der Waals surface area contributed by atoms with Gasteiger partial charge in [0.2, 0.25) is 5.88 Å². The number of hydrogen-bond donors (Lipinski definition) is 0. The van der Waals surface area contributed by atoms with Crippen molar-refractivity contribution < 1.29 is 4.74 Å². The number of anilines is 1. The number of imidazole rings is 1. The highest BCUT2D eigenvalue weighted by atomic mass is 16.5. The second-order valence-electron chi connectivity index (χ2n) is 6.33. The van der Waals surface area contributed by atoms with E-state index in [4.69, 9.17) is 4.74 Å². The average molecular weight is 353 g/mol. The molecule has 0 N–H and O–H groups in total. The Morgan fingerprint density at radius 2 is 1.92 bits per heavy atom. The number of nitrogens with zero attached hydrogens (tertiary/aromatic N) is 7. The number of aryl methyl sites for hydroxylation is 1. The molecule has 0 unspecified atom stereocenters. The second-order valence-corrected chi connectivity index (χ2v) is 6.33. The van der Waals surface area contributed by atoms with Crippen molar-refractivity contribution in [3.05, 3.63) is 36.5 Å². The molecule has 0 aromatic carbocycles. The minimum Gasteiger partial charge on any atom is -0.481 e. The molecule has 0 saturated carbocycles. The van der Waals surface area contributed by atoms with Crippen LogP contribution < -0.4 is 9.64 Å². The second kappa shape index (κ2) is 7.25. The maximum Gasteiger partial charge on any atom is 0.213 e. The average Bonchev–Trinajstić information content (AvgIpc) is 3.12. The zero-order valence-electron chi connectivity index (χ0n) is 15.2. The number of methoxy groups -OCH3 is 1. The van der Waals surface area contributed by atoms with Crippen LogP contribution in [0, 0.1) is 0 Å². The lowest BCUT2D eigenvalue weighted by Gasteiger charge is -2.35. The summed E-state index contributed by atoms with van der Waals surface area (Å²) in [6.07, 6.45) is 3.48. The summed E-state index contributed by atoms with van der Waals surface area (Å²) in [6.45, 7) is 7.51. The predicted molar refractivity (Wildman–Crippen MR) is 99.3 cm³/mol. The topological polar surface area (TPSA) is 72.2 Å². The van der Waals surface area contributed by atoms with Gasteiger partial charge in [-0.25, -0.2) is 19.9 Å². The van der Waals surface area contributed by atoms with E-state index in [0.717, 1.165) is 61.9 Å². The molecule has 8 nitrogen and oxygen atoms in total. The van der Waals surface area contributed by atoms with Crippen LogP contribution in [0.3, 0.4) is 0 Å². The van der Waals surface area contributed by atoms with Crippen molar-refractivity contribution in [3.8, 4) is 5.88 Å². The van der Waals surface area contributed by atoms with Gasteiger partial charge in [0.15, 0.2) is 17.0 Å². The Balaban J connectivity index is 1.44. The third-order valence-electron chi connectivity index (χ3n) is 4.77. The highest BCUT2D eigenvalue weighted by Crippen LogP contribution is 2.23. The molecule has 0 radical (unpaired) electrons. The molecule has 8 heteroatoms. The molecule has 0 spiro atoms. The standard InChI is InChI=1S/C18H23N7O/c1-3-24-13-21-16-17(24)19-12-20-18(16)25-9-7-23(8-10-25)11-14-5-4-6-15(22-14)26-2/h4-6,12-13H,3,7-11H2,1-2H3. The summed E-state index contributed by atoms with van der Waals surface area (Å²) < 4.78 is 7.26. The zero-order valence-corrected chi connectivity index (χ0v) is 15.2. The maximum atomic E-state index is 5.21. The summed E-state index contributed by atoms with van der Waals surface area (Å²) in [5.41, 5.74) is 2.82. The van der Waals surface area contributed by atoms with Gasteiger partial charge in [-0.05, 0) is 13.0 Å². The fraction of sp³-hybridized carbons (Fsp3) is 0.444. The van der Waals surface area contributed by atoms with E-state index in [9.17, 15) is 0 Å². The molecule has 0 bridgehead atoms. The van der Waals surface area contributed by atoms with Crippen LogP contribution in [0.15, 0.2) is 30.9 Å². The first kappa shape index (κ1) is 16.7. The Bertz CT molecular complexity index is 886. The molecule has 0 aliphatic carbocycles. The van der Waals surface area contributed by atoms with E-state index in [1.54, 1.807) is 13.4 Å². The first-order valence-electron chi connectivity index (χ1n) is 8.91. The summed E-state index contributed by atoms with van der Waals surface area (Å²) in [5.74, 6) is 1.59. The molecule has 4 rings (SSSR count). The Labute approximate surface area is 152 Å². The number of fused-ring (bicyclic) bond motifs is 1. The van der Waals surface area contributed by atoms with Gasteiger partial charge in [0.05, 0.1) is 19.1 Å². The molecule has 3 aromatic heterocycles. The quantitative estimate of drug-likeness (QED) is 0.689. The van der Waals surface area contributed by atoms with Crippen molar-refractivity contribution in [1.29, 1.82) is 0 Å². The summed E-state index contributed by atoms with van der Waals surface area (Å²) in [4.78, 5) is 22.6. The van der Waals surface area contributed by atoms with Crippen molar-refractivity contribution in [3.63, 3.8) is 0 Å². The molecule has 136 valence electrons. The van der Waals surface area contributed by atoms with Crippen LogP contribution in [0.25, 0.3) is 11.2 Å². The summed E-state index contributed by atoms with van der Waals surface area (Å²) in [7, 11) is 1.65. The lowest BCUT2D eigenvalue weighted by Crippen LogP contribution is -2.46. The van der Waals surface area contributed by atoms with Gasteiger partial charge in [-0.3, -0.25) is 4.90 Å². The van der Waals surface area contributed by atoms with Gasteiger partial charge in [-0.1, -0.05) is 6.07 Å². The highest BCUT2D eigenvalue weighted by Gasteiger charge is 2.21. The van der Waals surface area contributed by atoms with Gasteiger partial charge in [0, 0.05) is 45.3 Å². The van der Waals surface area contributed by atoms with Crippen molar-refractivity contribution in [2.24, 2.45) is 0 Å². The van der Waals surface area contributed by atoms with Gasteiger partial charge in [0.25, 0.3) is 0 Å². The van der Waals surface area contributed by atoms with Crippen LogP contribution >= 0.6 is 0 Å². The van der Waals surface area contributed by atoms with Crippen LogP contribution in [0.5, 0.6) is 5.88 Å². The predicted octanol–water partition coefficient (Wildman–Crippen LogP) is 1.57. The number of ether oxygens (including phenoxy) is 1. The van der Waals surface area contributed by atoms with E-state index >= 15 is 0 Å². The van der Waals surface area contributed by atoms with Crippen molar-refractivity contribution in [2.45, 2.75) is 20.0 Å². The Morgan fingerprint density at radius 3 is 2.69 bits per heavy atom. The first-order chi connectivity index (χ1) is 12.8. The highest BCUT2D eigenvalue weighted by molar-refractivity contribution is 5.83. The lowest BCUT2D eigenvalue weighted by atomic mass is 10.2. The van der Waals surface area contributed by atoms with E-state index in [-0.39, 0.29) is 0 Å². The largest absolute Gasteiger partial charge is 0.481 e. The van der Waals surface area contributed by atoms with Gasteiger partial charge in [0.1, 0.15) is 6.33 Å². The van der Waals surface area contributed by atoms with Crippen LogP contribution in [0.1, 0.15) is 12.6 Å². The van der Waals surface area contributed by atoms with Crippen LogP contribution in [-0.4, -0.2) is 62.7 Å². The van der Waals surface area contributed by atoms with Crippen LogP contribution in [0.4, 0.5) is 5.82 Å². The van der Waals surface area contributed by atoms with E-state index in [0.29, 0.717) is 5.88 Å². The van der Waals surface area contributed by atoms with Crippen molar-refractivity contribution >= 4 is 17.0 Å². The summed E-state index contributed by atoms with van der Waals surface area (Å²) in [5, 5.41) is 0. The molecule has 1 aliphatic heterocycles. The summed E-state index contributed by atoms with van der Waals surface area (Å²) >= 11 is 0. The van der Waals surface area contributed by atoms with Gasteiger partial charge >= 0.3 is 0 Å². The molecular formula is C18H23N7O. The number of rotatable bonds is 5. The number of aromatic nitrogens is 5. The Morgan fingerprint density at radius 1 is 1.08 bits per heavy atom. The van der Waals surface area contributed by atoms with E-state index < -0.39 is 0 Å². The fourth-order valence-corrected chi connectivity index (χ4v) is 3.34. The van der Waals surface area contributed by atoms with Gasteiger partial charge < -0.3 is 14.2 Å². The lowest BCUT2D eigenvalue weighted by molar-refractivity contribution is 0.245. The van der Waals surface area contributed by atoms with Crippen molar-refractivity contribution in [2.75, 3.05) is 38.2 Å². The third kappa shape index (κ3) is 3.20. The van der Waals surface area contributed by atoms with E-state index in [2.05, 4.69) is 36.7 Å². The monoisotopic (exact) mass is 353 g/mol. The van der Waals surface area contributed by atoms with Crippen molar-refractivity contribution in [1.82, 2.24) is 29.4 Å². The summed E-state index contributed by atoms with van der Waals surface area (Å²) in [6, 6.07) is 5.90. The molecule has 0 amide bonds. The molecule has 0 atom stereocenters. The van der Waals surface area contributed by atoms with Gasteiger partial charge in [-0.15, -0.1) is 0 Å². The molecule has 1 saturated heterocycles.